The Kier molecular flexibility index (Phi) is 4.74. The van der Waals surface area contributed by atoms with E-state index in [1.807, 2.05) is 18.2 Å². The average molecular weight is 276 g/mol. The van der Waals surface area contributed by atoms with E-state index in [2.05, 4.69) is 5.32 Å². The van der Waals surface area contributed by atoms with E-state index >= 15 is 0 Å². The summed E-state index contributed by atoms with van der Waals surface area (Å²) in [5, 5.41) is 12.5. The topological polar surface area (TPSA) is 92.4 Å². The zero-order valence-corrected chi connectivity index (χ0v) is 11.3. The highest BCUT2D eigenvalue weighted by Gasteiger charge is 2.28. The predicted molar refractivity (Wildman–Crippen MR) is 74.9 cm³/mol. The predicted octanol–water partition coefficient (Wildman–Crippen LogP) is 1.45. The zero-order chi connectivity index (χ0) is 14.5. The van der Waals surface area contributed by atoms with Crippen LogP contribution in [0.4, 0.5) is 0 Å². The lowest BCUT2D eigenvalue weighted by Gasteiger charge is -2.29. The minimum Gasteiger partial charge on any atom is -0.480 e. The molecule has 1 aromatic rings. The van der Waals surface area contributed by atoms with E-state index < -0.39 is 12.0 Å². The number of carbonyl (C=O) groups excluding carboxylic acids is 1. The number of carbonyl (C=O) groups is 2. The molecule has 5 nitrogen and oxygen atoms in total. The Morgan fingerprint density at radius 3 is 2.25 bits per heavy atom. The summed E-state index contributed by atoms with van der Waals surface area (Å²) in [4.78, 5) is 22.5. The molecule has 0 bridgehead atoms. The number of aliphatic carboxylic acids is 1. The first-order valence-corrected chi connectivity index (χ1v) is 6.91. The van der Waals surface area contributed by atoms with E-state index in [4.69, 9.17) is 5.73 Å². The van der Waals surface area contributed by atoms with Gasteiger partial charge in [-0.25, -0.2) is 0 Å². The molecule has 1 aliphatic rings. The van der Waals surface area contributed by atoms with Gasteiger partial charge in [0.05, 0.1) is 0 Å². The van der Waals surface area contributed by atoms with Crippen LogP contribution in [-0.4, -0.2) is 23.0 Å². The number of hydrogen-bond donors (Lipinski definition) is 3. The molecule has 5 heteroatoms. The van der Waals surface area contributed by atoms with Crippen LogP contribution in [0.2, 0.25) is 0 Å². The summed E-state index contributed by atoms with van der Waals surface area (Å²) in [7, 11) is 0. The highest BCUT2D eigenvalue weighted by molar-refractivity contribution is 5.77. The molecule has 0 aliphatic heterocycles. The Bertz CT molecular complexity index is 467. The normalized spacial score (nSPS) is 24.0. The van der Waals surface area contributed by atoms with Gasteiger partial charge in [-0.2, -0.15) is 0 Å². The number of nitrogens with two attached hydrogens (primary N) is 1. The molecule has 1 amide bonds. The van der Waals surface area contributed by atoms with Crippen LogP contribution in [0.3, 0.4) is 0 Å². The number of benzene rings is 1. The fraction of sp³-hybridized carbons (Fsp3) is 0.467. The Labute approximate surface area is 118 Å². The molecule has 1 unspecified atom stereocenters. The molecule has 1 fully saturated rings. The minimum atomic E-state index is -0.881. The van der Waals surface area contributed by atoms with Gasteiger partial charge < -0.3 is 10.8 Å². The number of rotatable bonds is 5. The Morgan fingerprint density at radius 2 is 1.75 bits per heavy atom. The van der Waals surface area contributed by atoms with Crippen LogP contribution in [0.15, 0.2) is 30.3 Å². The van der Waals surface area contributed by atoms with Gasteiger partial charge in [0, 0.05) is 12.0 Å². The second-order valence-electron chi connectivity index (χ2n) is 5.30. The number of primary amides is 1. The van der Waals surface area contributed by atoms with Gasteiger partial charge in [0.15, 0.2) is 0 Å². The fourth-order valence-corrected chi connectivity index (χ4v) is 2.74. The van der Waals surface area contributed by atoms with Gasteiger partial charge in [-0.15, -0.1) is 0 Å². The van der Waals surface area contributed by atoms with Gasteiger partial charge in [0.2, 0.25) is 5.91 Å². The summed E-state index contributed by atoms with van der Waals surface area (Å²) in [5.74, 6) is -1.19. The summed E-state index contributed by atoms with van der Waals surface area (Å²) in [5.41, 5.74) is 6.05. The molecule has 0 radical (unpaired) electrons. The van der Waals surface area contributed by atoms with Crippen LogP contribution in [0.25, 0.3) is 0 Å². The van der Waals surface area contributed by atoms with Crippen LogP contribution < -0.4 is 11.1 Å². The monoisotopic (exact) mass is 276 g/mol. The fourth-order valence-electron chi connectivity index (χ4n) is 2.74. The Morgan fingerprint density at radius 1 is 1.15 bits per heavy atom. The third kappa shape index (κ3) is 3.57. The average Bonchev–Trinajstić information content (AvgIpc) is 2.46. The molecule has 0 heterocycles. The lowest BCUT2D eigenvalue weighted by Crippen LogP contribution is -2.41. The van der Waals surface area contributed by atoms with Crippen molar-refractivity contribution in [2.45, 2.75) is 37.8 Å². The lowest BCUT2D eigenvalue weighted by molar-refractivity contribution is -0.140. The Hall–Kier alpha value is -1.88. The van der Waals surface area contributed by atoms with Crippen molar-refractivity contribution in [1.29, 1.82) is 0 Å². The number of carboxylic acid groups (broad SMARTS) is 1. The van der Waals surface area contributed by atoms with E-state index in [0.29, 0.717) is 0 Å². The highest BCUT2D eigenvalue weighted by Crippen LogP contribution is 2.26. The first-order valence-electron chi connectivity index (χ1n) is 6.91. The molecular formula is C15H20N2O3. The first kappa shape index (κ1) is 14.5. The summed E-state index contributed by atoms with van der Waals surface area (Å²) in [6.07, 6.45) is 3.02. The number of carboxylic acids is 1. The molecule has 2 rings (SSSR count). The van der Waals surface area contributed by atoms with Crippen LogP contribution in [0.5, 0.6) is 0 Å². The summed E-state index contributed by atoms with van der Waals surface area (Å²) < 4.78 is 0. The van der Waals surface area contributed by atoms with Gasteiger partial charge in [-0.1, -0.05) is 30.3 Å². The molecule has 4 N–H and O–H groups in total. The van der Waals surface area contributed by atoms with Crippen molar-refractivity contribution in [3.63, 3.8) is 0 Å². The molecule has 108 valence electrons. The van der Waals surface area contributed by atoms with E-state index in [1.54, 1.807) is 12.1 Å². The third-order valence-electron chi connectivity index (χ3n) is 3.91. The SMILES string of the molecule is NC(=O)C1CCC(NC(C(=O)O)c2ccccc2)CC1. The number of amides is 1. The largest absolute Gasteiger partial charge is 0.480 e. The van der Waals surface area contributed by atoms with E-state index in [9.17, 15) is 14.7 Å². The number of hydrogen-bond acceptors (Lipinski definition) is 3. The van der Waals surface area contributed by atoms with Gasteiger partial charge >= 0.3 is 5.97 Å². The second-order valence-corrected chi connectivity index (χ2v) is 5.30. The maximum Gasteiger partial charge on any atom is 0.325 e. The highest BCUT2D eigenvalue weighted by atomic mass is 16.4. The van der Waals surface area contributed by atoms with Crippen molar-refractivity contribution in [1.82, 2.24) is 5.32 Å². The molecule has 1 atom stereocenters. The van der Waals surface area contributed by atoms with Crippen LogP contribution in [0, 0.1) is 5.92 Å². The molecule has 1 aliphatic carbocycles. The van der Waals surface area contributed by atoms with E-state index in [0.717, 1.165) is 31.2 Å². The third-order valence-corrected chi connectivity index (χ3v) is 3.91. The first-order chi connectivity index (χ1) is 9.58. The molecule has 1 saturated carbocycles. The summed E-state index contributed by atoms with van der Waals surface area (Å²) in [6, 6.07) is 8.55. The van der Waals surface area contributed by atoms with Crippen molar-refractivity contribution in [2.75, 3.05) is 0 Å². The van der Waals surface area contributed by atoms with Gasteiger partial charge in [0.1, 0.15) is 6.04 Å². The summed E-state index contributed by atoms with van der Waals surface area (Å²) >= 11 is 0. The Balaban J connectivity index is 1.97. The van der Waals surface area contributed by atoms with Crippen molar-refractivity contribution in [3.8, 4) is 0 Å². The van der Waals surface area contributed by atoms with Crippen LogP contribution >= 0.6 is 0 Å². The molecule has 0 saturated heterocycles. The molecule has 0 spiro atoms. The summed E-state index contributed by atoms with van der Waals surface area (Å²) in [6.45, 7) is 0. The smallest absolute Gasteiger partial charge is 0.325 e. The van der Waals surface area contributed by atoms with E-state index in [1.165, 1.54) is 0 Å². The quantitative estimate of drug-likeness (QED) is 0.759. The lowest BCUT2D eigenvalue weighted by atomic mass is 9.85. The minimum absolute atomic E-state index is 0.0620. The maximum atomic E-state index is 11.4. The zero-order valence-electron chi connectivity index (χ0n) is 11.3. The van der Waals surface area contributed by atoms with Gasteiger partial charge in [-0.3, -0.25) is 14.9 Å². The van der Waals surface area contributed by atoms with Crippen molar-refractivity contribution in [2.24, 2.45) is 11.7 Å². The van der Waals surface area contributed by atoms with Gasteiger partial charge in [-0.05, 0) is 31.2 Å². The van der Waals surface area contributed by atoms with Gasteiger partial charge in [0.25, 0.3) is 0 Å². The molecule has 1 aromatic carbocycles. The standard InChI is InChI=1S/C15H20N2O3/c16-14(18)11-6-8-12(9-7-11)17-13(15(19)20)10-4-2-1-3-5-10/h1-5,11-13,17H,6-9H2,(H2,16,18)(H,19,20). The van der Waals surface area contributed by atoms with Crippen LogP contribution in [-0.2, 0) is 9.59 Å². The van der Waals surface area contributed by atoms with Crippen molar-refractivity contribution in [3.05, 3.63) is 35.9 Å². The van der Waals surface area contributed by atoms with E-state index in [-0.39, 0.29) is 17.9 Å². The van der Waals surface area contributed by atoms with Crippen LogP contribution in [0.1, 0.15) is 37.3 Å². The van der Waals surface area contributed by atoms with Crippen molar-refractivity contribution < 1.29 is 14.7 Å². The molecular weight excluding hydrogens is 256 g/mol. The van der Waals surface area contributed by atoms with Crippen molar-refractivity contribution >= 4 is 11.9 Å². The molecule has 20 heavy (non-hydrogen) atoms. The number of nitrogens with one attached hydrogen (secondary N) is 1. The second kappa shape index (κ2) is 6.52. The molecule has 0 aromatic heterocycles. The maximum absolute atomic E-state index is 11.4.